The Morgan fingerprint density at radius 3 is 2.44 bits per heavy atom. The molecule has 1 saturated carbocycles. The van der Waals surface area contributed by atoms with Crippen molar-refractivity contribution < 1.29 is 23.1 Å². The summed E-state index contributed by atoms with van der Waals surface area (Å²) in [7, 11) is 0. The lowest BCUT2D eigenvalue weighted by Gasteiger charge is -2.29. The fraction of sp³-hybridized carbons (Fsp3) is 0.304. The molecule has 1 aromatic heterocycles. The first-order valence-electron chi connectivity index (χ1n) is 10.2. The number of ether oxygens (including phenoxy) is 1. The molecule has 1 aliphatic rings. The Hall–Kier alpha value is -2.77. The number of fused-ring (bicyclic) bond motifs is 1. The van der Waals surface area contributed by atoms with E-state index in [4.69, 9.17) is 32.4 Å². The van der Waals surface area contributed by atoms with E-state index in [9.17, 15) is 14.0 Å². The lowest BCUT2D eigenvalue weighted by molar-refractivity contribution is -0.124. The minimum Gasteiger partial charge on any atom is -0.484 e. The molecule has 2 aromatic carbocycles. The summed E-state index contributed by atoms with van der Waals surface area (Å²) < 4.78 is 24.3. The van der Waals surface area contributed by atoms with E-state index in [1.807, 2.05) is 0 Å². The van der Waals surface area contributed by atoms with Crippen LogP contribution in [0.3, 0.4) is 0 Å². The third-order valence-corrected chi connectivity index (χ3v) is 5.93. The summed E-state index contributed by atoms with van der Waals surface area (Å²) in [6.45, 7) is -0.214. The number of amides is 2. The minimum absolute atomic E-state index is 0.000690. The van der Waals surface area contributed by atoms with Crippen LogP contribution in [0.4, 0.5) is 4.39 Å². The molecular weight excluding hydrogens is 458 g/mol. The number of halogens is 3. The standard InChI is InChI=1S/C23H21Cl2FN2O4/c24-14-1-8-20-13(9-14)10-21(32-20)23(30)28-16-4-2-15(3-5-16)27-22(29)12-31-17-6-7-18(25)19(26)11-17/h1,6-11,15-16H,2-5,12H2,(H,27,29)(H,28,30)/t15-,16+. The molecule has 0 aliphatic heterocycles. The maximum absolute atomic E-state index is 13.4. The predicted molar refractivity (Wildman–Crippen MR) is 120 cm³/mol. The number of nitrogens with one attached hydrogen (secondary N) is 2. The molecular formula is C23H21Cl2FN2O4. The third-order valence-electron chi connectivity index (χ3n) is 5.39. The van der Waals surface area contributed by atoms with Crippen LogP contribution >= 0.6 is 23.2 Å². The van der Waals surface area contributed by atoms with E-state index in [0.29, 0.717) is 10.6 Å². The van der Waals surface area contributed by atoms with Gasteiger partial charge in [0.15, 0.2) is 12.4 Å². The van der Waals surface area contributed by atoms with Gasteiger partial charge in [0.25, 0.3) is 11.8 Å². The second kappa shape index (κ2) is 9.79. The number of hydrogen-bond donors (Lipinski definition) is 2. The van der Waals surface area contributed by atoms with Gasteiger partial charge in [0, 0.05) is 28.6 Å². The average Bonchev–Trinajstić information content (AvgIpc) is 3.19. The van der Waals surface area contributed by atoms with E-state index < -0.39 is 5.82 Å². The normalized spacial score (nSPS) is 18.3. The first-order valence-corrected chi connectivity index (χ1v) is 11.0. The zero-order chi connectivity index (χ0) is 22.7. The summed E-state index contributed by atoms with van der Waals surface area (Å²) >= 11 is 11.6. The van der Waals surface area contributed by atoms with Crippen LogP contribution in [-0.2, 0) is 4.79 Å². The molecule has 168 valence electrons. The van der Waals surface area contributed by atoms with Crippen molar-refractivity contribution in [3.63, 3.8) is 0 Å². The van der Waals surface area contributed by atoms with Crippen LogP contribution in [-0.4, -0.2) is 30.5 Å². The second-order valence-electron chi connectivity index (χ2n) is 7.75. The summed E-state index contributed by atoms with van der Waals surface area (Å²) in [5.41, 5.74) is 0.606. The van der Waals surface area contributed by atoms with Crippen molar-refractivity contribution in [2.24, 2.45) is 0 Å². The van der Waals surface area contributed by atoms with E-state index >= 15 is 0 Å². The highest BCUT2D eigenvalue weighted by atomic mass is 35.5. The Labute approximate surface area is 194 Å². The van der Waals surface area contributed by atoms with Crippen LogP contribution in [0.5, 0.6) is 5.75 Å². The Morgan fingerprint density at radius 2 is 1.72 bits per heavy atom. The first-order chi connectivity index (χ1) is 15.4. The molecule has 0 saturated heterocycles. The van der Waals surface area contributed by atoms with Crippen molar-refractivity contribution in [2.75, 3.05) is 6.61 Å². The van der Waals surface area contributed by atoms with Crippen LogP contribution in [0.1, 0.15) is 36.2 Å². The molecule has 4 rings (SSSR count). The summed E-state index contributed by atoms with van der Waals surface area (Å²) in [6, 6.07) is 10.9. The van der Waals surface area contributed by atoms with Gasteiger partial charge in [0.2, 0.25) is 0 Å². The highest BCUT2D eigenvalue weighted by Gasteiger charge is 2.25. The van der Waals surface area contributed by atoms with Crippen LogP contribution in [0.2, 0.25) is 10.0 Å². The van der Waals surface area contributed by atoms with Crippen molar-refractivity contribution in [1.29, 1.82) is 0 Å². The van der Waals surface area contributed by atoms with E-state index in [1.165, 1.54) is 12.1 Å². The van der Waals surface area contributed by atoms with E-state index in [2.05, 4.69) is 10.6 Å². The molecule has 1 aliphatic carbocycles. The lowest BCUT2D eigenvalue weighted by Crippen LogP contribution is -2.44. The van der Waals surface area contributed by atoms with Gasteiger partial charge in [-0.2, -0.15) is 0 Å². The number of benzene rings is 2. The zero-order valence-corrected chi connectivity index (χ0v) is 18.5. The number of hydrogen-bond acceptors (Lipinski definition) is 4. The molecule has 9 heteroatoms. The van der Waals surface area contributed by atoms with Gasteiger partial charge in [0.1, 0.15) is 17.1 Å². The number of rotatable bonds is 6. The van der Waals surface area contributed by atoms with E-state index in [-0.39, 0.29) is 47.0 Å². The van der Waals surface area contributed by atoms with Gasteiger partial charge < -0.3 is 19.8 Å². The molecule has 32 heavy (non-hydrogen) atoms. The molecule has 0 unspecified atom stereocenters. The van der Waals surface area contributed by atoms with Gasteiger partial charge >= 0.3 is 0 Å². The topological polar surface area (TPSA) is 80.6 Å². The van der Waals surface area contributed by atoms with Crippen LogP contribution in [0, 0.1) is 5.82 Å². The van der Waals surface area contributed by atoms with Gasteiger partial charge in [0.05, 0.1) is 5.02 Å². The third kappa shape index (κ3) is 5.53. The molecule has 1 fully saturated rings. The van der Waals surface area contributed by atoms with Crippen LogP contribution < -0.4 is 15.4 Å². The van der Waals surface area contributed by atoms with Gasteiger partial charge in [-0.3, -0.25) is 9.59 Å². The van der Waals surface area contributed by atoms with Crippen molar-refractivity contribution in [2.45, 2.75) is 37.8 Å². The maximum atomic E-state index is 13.4. The Morgan fingerprint density at radius 1 is 1.00 bits per heavy atom. The maximum Gasteiger partial charge on any atom is 0.287 e. The van der Waals surface area contributed by atoms with E-state index in [1.54, 1.807) is 24.3 Å². The molecule has 0 radical (unpaired) electrons. The SMILES string of the molecule is O=C(COc1ccc(Cl)c(F)c1)N[C@H]1CC[C@@H](NC(=O)c2cc3cc(Cl)ccc3o2)CC1. The van der Waals surface area contributed by atoms with Crippen molar-refractivity contribution in [3.8, 4) is 5.75 Å². The van der Waals surface area contributed by atoms with Crippen LogP contribution in [0.15, 0.2) is 46.9 Å². The molecule has 0 atom stereocenters. The Bertz CT molecular complexity index is 1140. The second-order valence-corrected chi connectivity index (χ2v) is 8.59. The molecule has 0 spiro atoms. The summed E-state index contributed by atoms with van der Waals surface area (Å²) in [4.78, 5) is 24.7. The van der Waals surface area contributed by atoms with Gasteiger partial charge in [-0.15, -0.1) is 0 Å². The fourth-order valence-corrected chi connectivity index (χ4v) is 4.05. The number of carbonyl (C=O) groups is 2. The zero-order valence-electron chi connectivity index (χ0n) is 17.0. The molecule has 0 bridgehead atoms. The number of furan rings is 1. The number of carbonyl (C=O) groups excluding carboxylic acids is 2. The lowest BCUT2D eigenvalue weighted by atomic mass is 9.91. The largest absolute Gasteiger partial charge is 0.484 e. The highest BCUT2D eigenvalue weighted by Crippen LogP contribution is 2.24. The average molecular weight is 479 g/mol. The molecule has 2 amide bonds. The monoisotopic (exact) mass is 478 g/mol. The molecule has 1 heterocycles. The predicted octanol–water partition coefficient (Wildman–Crippen LogP) is 5.11. The van der Waals surface area contributed by atoms with Gasteiger partial charge in [-0.25, -0.2) is 4.39 Å². The van der Waals surface area contributed by atoms with Crippen LogP contribution in [0.25, 0.3) is 11.0 Å². The summed E-state index contributed by atoms with van der Waals surface area (Å²) in [5.74, 6) is -0.673. The van der Waals surface area contributed by atoms with Crippen molar-refractivity contribution in [1.82, 2.24) is 10.6 Å². The smallest absolute Gasteiger partial charge is 0.287 e. The molecule has 2 N–H and O–H groups in total. The van der Waals surface area contributed by atoms with Gasteiger partial charge in [-0.05, 0) is 62.1 Å². The van der Waals surface area contributed by atoms with Crippen molar-refractivity contribution >= 4 is 46.0 Å². The van der Waals surface area contributed by atoms with Crippen molar-refractivity contribution in [3.05, 3.63) is 64.1 Å². The molecule has 6 nitrogen and oxygen atoms in total. The van der Waals surface area contributed by atoms with E-state index in [0.717, 1.165) is 37.1 Å². The minimum atomic E-state index is -0.601. The Balaban J connectivity index is 1.21. The summed E-state index contributed by atoms with van der Waals surface area (Å²) in [5, 5.41) is 7.26. The highest BCUT2D eigenvalue weighted by molar-refractivity contribution is 6.31. The fourth-order valence-electron chi connectivity index (χ4n) is 3.75. The van der Waals surface area contributed by atoms with Gasteiger partial charge in [-0.1, -0.05) is 23.2 Å². The molecule has 3 aromatic rings. The first kappa shape index (κ1) is 22.4. The quantitative estimate of drug-likeness (QED) is 0.515. The summed E-state index contributed by atoms with van der Waals surface area (Å²) in [6.07, 6.45) is 2.90. The Kier molecular flexibility index (Phi) is 6.86.